The Morgan fingerprint density at radius 3 is 2.62 bits per heavy atom. The van der Waals surface area contributed by atoms with E-state index < -0.39 is 5.97 Å². The molecule has 2 bridgehead atoms. The predicted molar refractivity (Wildman–Crippen MR) is 59.8 cm³/mol. The van der Waals surface area contributed by atoms with E-state index in [0.29, 0.717) is 0 Å². The van der Waals surface area contributed by atoms with Gasteiger partial charge in [-0.25, -0.2) is 0 Å². The van der Waals surface area contributed by atoms with Crippen LogP contribution in [0.25, 0.3) is 0 Å². The van der Waals surface area contributed by atoms with Crippen molar-refractivity contribution in [1.29, 1.82) is 0 Å². The summed E-state index contributed by atoms with van der Waals surface area (Å²) in [5, 5.41) is 9.24. The Morgan fingerprint density at radius 1 is 1.44 bits per heavy atom. The van der Waals surface area contributed by atoms with E-state index >= 15 is 0 Å². The molecule has 2 aliphatic rings. The molecule has 0 aromatic heterocycles. The van der Waals surface area contributed by atoms with Crippen molar-refractivity contribution in [1.82, 2.24) is 0 Å². The first-order chi connectivity index (χ1) is 7.56. The lowest BCUT2D eigenvalue weighted by atomic mass is 9.71. The van der Waals surface area contributed by atoms with Gasteiger partial charge in [0.25, 0.3) is 0 Å². The van der Waals surface area contributed by atoms with Crippen LogP contribution in [0.15, 0.2) is 12.7 Å². The van der Waals surface area contributed by atoms with Gasteiger partial charge in [-0.05, 0) is 43.9 Å². The summed E-state index contributed by atoms with van der Waals surface area (Å²) in [6.07, 6.45) is 4.21. The molecule has 0 saturated heterocycles. The number of carbonyl (C=O) groups excluding carboxylic acids is 1. The highest BCUT2D eigenvalue weighted by Crippen LogP contribution is 2.56. The van der Waals surface area contributed by atoms with E-state index in [2.05, 4.69) is 6.58 Å². The number of allylic oxidation sites excluding steroid dienone is 1. The van der Waals surface area contributed by atoms with Gasteiger partial charge in [0.15, 0.2) is 0 Å². The molecule has 5 atom stereocenters. The van der Waals surface area contributed by atoms with Crippen molar-refractivity contribution in [2.45, 2.75) is 26.2 Å². The Hall–Kier alpha value is -1.12. The molecule has 0 heterocycles. The van der Waals surface area contributed by atoms with E-state index in [1.54, 1.807) is 13.0 Å². The molecule has 0 amide bonds. The number of ketones is 1. The van der Waals surface area contributed by atoms with E-state index in [-0.39, 0.29) is 35.4 Å². The molecule has 1 N–H and O–H groups in total. The number of rotatable bonds is 4. The van der Waals surface area contributed by atoms with Crippen LogP contribution in [0.4, 0.5) is 0 Å². The zero-order valence-corrected chi connectivity index (χ0v) is 9.56. The minimum absolute atomic E-state index is 0.102. The van der Waals surface area contributed by atoms with Gasteiger partial charge in [0, 0.05) is 5.92 Å². The maximum absolute atomic E-state index is 11.5. The molecular formula is C13H18O3. The summed E-state index contributed by atoms with van der Waals surface area (Å²) in [6, 6.07) is 0. The highest BCUT2D eigenvalue weighted by molar-refractivity contribution is 5.80. The van der Waals surface area contributed by atoms with Gasteiger partial charge in [-0.1, -0.05) is 6.08 Å². The molecule has 0 aliphatic heterocycles. The summed E-state index contributed by atoms with van der Waals surface area (Å²) in [5.41, 5.74) is 0. The van der Waals surface area contributed by atoms with Crippen molar-refractivity contribution in [2.75, 3.05) is 0 Å². The molecule has 0 aromatic carbocycles. The maximum Gasteiger partial charge on any atom is 0.307 e. The van der Waals surface area contributed by atoms with Crippen molar-refractivity contribution >= 4 is 11.8 Å². The fourth-order valence-corrected chi connectivity index (χ4v) is 3.86. The first kappa shape index (κ1) is 11.4. The van der Waals surface area contributed by atoms with E-state index in [1.165, 1.54) is 0 Å². The molecule has 1 unspecified atom stereocenters. The summed E-state index contributed by atoms with van der Waals surface area (Å²) in [6.45, 7) is 5.32. The number of Topliss-reactive ketones (excluding diaryl/α,β-unsaturated/α-hetero) is 1. The Bertz CT molecular complexity index is 334. The summed E-state index contributed by atoms with van der Waals surface area (Å²) < 4.78 is 0. The molecular weight excluding hydrogens is 204 g/mol. The normalized spacial score (nSPS) is 40.9. The summed E-state index contributed by atoms with van der Waals surface area (Å²) in [5.74, 6) is 0.00139. The van der Waals surface area contributed by atoms with Gasteiger partial charge in [0.2, 0.25) is 0 Å². The smallest absolute Gasteiger partial charge is 0.307 e. The second-order valence-corrected chi connectivity index (χ2v) is 5.16. The zero-order chi connectivity index (χ0) is 11.9. The summed E-state index contributed by atoms with van der Waals surface area (Å²) in [4.78, 5) is 22.7. The minimum atomic E-state index is -0.693. The standard InChI is InChI=1S/C13H18O3/c1-3-4-9-11-6-8(12(9)13(15)16)5-10(11)7(2)14/h3,8-12H,1,4-6H2,2H3,(H,15,16)/t8-,9-,10?,11+,12+/m1/s1. The lowest BCUT2D eigenvalue weighted by Gasteiger charge is -2.31. The van der Waals surface area contributed by atoms with Crippen molar-refractivity contribution < 1.29 is 14.7 Å². The molecule has 3 nitrogen and oxygen atoms in total. The number of hydrogen-bond acceptors (Lipinski definition) is 2. The molecule has 2 rings (SSSR count). The van der Waals surface area contributed by atoms with Crippen molar-refractivity contribution in [3.8, 4) is 0 Å². The van der Waals surface area contributed by atoms with E-state index in [1.807, 2.05) is 0 Å². The van der Waals surface area contributed by atoms with Crippen LogP contribution in [0.2, 0.25) is 0 Å². The van der Waals surface area contributed by atoms with Gasteiger partial charge < -0.3 is 5.11 Å². The molecule has 2 fully saturated rings. The minimum Gasteiger partial charge on any atom is -0.481 e. The monoisotopic (exact) mass is 222 g/mol. The number of hydrogen-bond donors (Lipinski definition) is 1. The fourth-order valence-electron chi connectivity index (χ4n) is 3.86. The van der Waals surface area contributed by atoms with Crippen molar-refractivity contribution in [3.05, 3.63) is 12.7 Å². The third kappa shape index (κ3) is 1.58. The van der Waals surface area contributed by atoms with Gasteiger partial charge in [-0.15, -0.1) is 6.58 Å². The molecule has 0 aromatic rings. The second-order valence-electron chi connectivity index (χ2n) is 5.16. The zero-order valence-electron chi connectivity index (χ0n) is 9.56. The van der Waals surface area contributed by atoms with Crippen LogP contribution in [0.3, 0.4) is 0 Å². The van der Waals surface area contributed by atoms with Gasteiger partial charge in [-0.3, -0.25) is 9.59 Å². The predicted octanol–water partition coefficient (Wildman–Crippen LogP) is 2.12. The molecule has 2 aliphatic carbocycles. The quantitative estimate of drug-likeness (QED) is 0.741. The molecule has 88 valence electrons. The SMILES string of the molecule is C=CC[C@H]1[C@@H](C(=O)O)[C@@H]2CC(C(C)=O)[C@H]1C2. The first-order valence-electron chi connectivity index (χ1n) is 5.90. The number of carboxylic acids is 1. The lowest BCUT2D eigenvalue weighted by Crippen LogP contribution is -2.35. The topological polar surface area (TPSA) is 54.4 Å². The average molecular weight is 222 g/mol. The molecule has 16 heavy (non-hydrogen) atoms. The van der Waals surface area contributed by atoms with Crippen LogP contribution in [0.5, 0.6) is 0 Å². The van der Waals surface area contributed by atoms with Gasteiger partial charge >= 0.3 is 5.97 Å². The van der Waals surface area contributed by atoms with Crippen LogP contribution in [0, 0.1) is 29.6 Å². The average Bonchev–Trinajstić information content (AvgIpc) is 2.74. The third-order valence-corrected chi connectivity index (χ3v) is 4.41. The van der Waals surface area contributed by atoms with Crippen LogP contribution in [-0.4, -0.2) is 16.9 Å². The third-order valence-electron chi connectivity index (χ3n) is 4.41. The highest BCUT2D eigenvalue weighted by atomic mass is 16.4. The van der Waals surface area contributed by atoms with Crippen molar-refractivity contribution in [3.63, 3.8) is 0 Å². The number of carboxylic acid groups (broad SMARTS) is 1. The van der Waals surface area contributed by atoms with Gasteiger partial charge in [0.1, 0.15) is 5.78 Å². The number of aliphatic carboxylic acids is 1. The summed E-state index contributed by atoms with van der Waals surface area (Å²) in [7, 11) is 0. The molecule has 2 saturated carbocycles. The van der Waals surface area contributed by atoms with Crippen LogP contribution in [0.1, 0.15) is 26.2 Å². The van der Waals surface area contributed by atoms with Crippen LogP contribution < -0.4 is 0 Å². The molecule has 0 spiro atoms. The summed E-state index contributed by atoms with van der Waals surface area (Å²) >= 11 is 0. The van der Waals surface area contributed by atoms with Gasteiger partial charge in [-0.2, -0.15) is 0 Å². The first-order valence-corrected chi connectivity index (χ1v) is 5.90. The highest BCUT2D eigenvalue weighted by Gasteiger charge is 2.55. The van der Waals surface area contributed by atoms with Crippen LogP contribution in [-0.2, 0) is 9.59 Å². The lowest BCUT2D eigenvalue weighted by molar-refractivity contribution is -0.147. The van der Waals surface area contributed by atoms with E-state index in [9.17, 15) is 14.7 Å². The maximum atomic E-state index is 11.5. The number of fused-ring (bicyclic) bond motifs is 2. The Balaban J connectivity index is 2.21. The fraction of sp³-hybridized carbons (Fsp3) is 0.692. The Kier molecular flexibility index (Phi) is 2.87. The van der Waals surface area contributed by atoms with Crippen molar-refractivity contribution in [2.24, 2.45) is 29.6 Å². The molecule has 3 heteroatoms. The Labute approximate surface area is 95.5 Å². The van der Waals surface area contributed by atoms with Crippen LogP contribution >= 0.6 is 0 Å². The number of carbonyl (C=O) groups is 2. The molecule has 0 radical (unpaired) electrons. The van der Waals surface area contributed by atoms with E-state index in [4.69, 9.17) is 0 Å². The van der Waals surface area contributed by atoms with E-state index in [0.717, 1.165) is 19.3 Å². The van der Waals surface area contributed by atoms with Gasteiger partial charge in [0.05, 0.1) is 5.92 Å². The Morgan fingerprint density at radius 2 is 2.12 bits per heavy atom. The largest absolute Gasteiger partial charge is 0.481 e. The second kappa shape index (κ2) is 4.04.